The van der Waals surface area contributed by atoms with E-state index < -0.39 is 6.04 Å². The third kappa shape index (κ3) is 4.11. The van der Waals surface area contributed by atoms with Crippen molar-refractivity contribution in [2.75, 3.05) is 16.8 Å². The van der Waals surface area contributed by atoms with Crippen LogP contribution in [0.2, 0.25) is 0 Å². The van der Waals surface area contributed by atoms with Crippen LogP contribution in [-0.2, 0) is 9.53 Å². The molecular formula is C23H23Br2N3O3. The lowest BCUT2D eigenvalue weighted by Gasteiger charge is -2.41. The molecule has 2 aromatic rings. The molecule has 162 valence electrons. The quantitative estimate of drug-likeness (QED) is 0.506. The zero-order valence-electron chi connectivity index (χ0n) is 17.3. The average Bonchev–Trinajstić information content (AvgIpc) is 3.20. The Kier molecular flexibility index (Phi) is 6.39. The number of hydrogen-bond acceptors (Lipinski definition) is 3. The summed E-state index contributed by atoms with van der Waals surface area (Å²) < 4.78 is 7.79. The van der Waals surface area contributed by atoms with Gasteiger partial charge in [0, 0.05) is 20.3 Å². The molecule has 0 aromatic heterocycles. The lowest BCUT2D eigenvalue weighted by Crippen LogP contribution is -2.56. The van der Waals surface area contributed by atoms with Crippen LogP contribution < -0.4 is 10.2 Å². The van der Waals surface area contributed by atoms with Gasteiger partial charge in [-0.1, -0.05) is 45.7 Å². The molecule has 2 aliphatic rings. The summed E-state index contributed by atoms with van der Waals surface area (Å²) in [5.41, 5.74) is 1.90. The van der Waals surface area contributed by atoms with Crippen molar-refractivity contribution in [2.24, 2.45) is 0 Å². The number of hydrogen-bond donors (Lipinski definition) is 1. The minimum Gasteiger partial charge on any atom is -0.476 e. The number of ether oxygens (including phenoxy) is 1. The van der Waals surface area contributed by atoms with Crippen LogP contribution in [0.5, 0.6) is 0 Å². The van der Waals surface area contributed by atoms with E-state index >= 15 is 0 Å². The highest BCUT2D eigenvalue weighted by Crippen LogP contribution is 2.38. The van der Waals surface area contributed by atoms with Gasteiger partial charge in [-0.2, -0.15) is 0 Å². The fraction of sp³-hybridized carbons (Fsp3) is 0.304. The first-order chi connectivity index (χ1) is 14.9. The van der Waals surface area contributed by atoms with Gasteiger partial charge in [0.1, 0.15) is 12.2 Å². The van der Waals surface area contributed by atoms with E-state index in [1.807, 2.05) is 62.4 Å². The Bertz CT molecular complexity index is 1020. The SMILES string of the molecule is CC[C@@H]1COC2=C(C(=O)Nc3ccc(Br)cc3)[C@H](CC)N(c3ccc(Br)cc3)C(=O)N21. The van der Waals surface area contributed by atoms with Gasteiger partial charge in [-0.3, -0.25) is 14.6 Å². The van der Waals surface area contributed by atoms with E-state index in [9.17, 15) is 9.59 Å². The van der Waals surface area contributed by atoms with Gasteiger partial charge < -0.3 is 10.1 Å². The van der Waals surface area contributed by atoms with Gasteiger partial charge in [0.05, 0.1) is 12.1 Å². The fourth-order valence-electron chi connectivity index (χ4n) is 4.02. The summed E-state index contributed by atoms with van der Waals surface area (Å²) in [6.45, 7) is 4.37. The van der Waals surface area contributed by atoms with Crippen LogP contribution in [0.15, 0.2) is 68.9 Å². The van der Waals surface area contributed by atoms with E-state index in [1.54, 1.807) is 9.80 Å². The van der Waals surface area contributed by atoms with Crippen molar-refractivity contribution in [1.82, 2.24) is 4.90 Å². The van der Waals surface area contributed by atoms with Gasteiger partial charge in [0.2, 0.25) is 5.88 Å². The molecule has 4 rings (SSSR count). The number of nitrogens with zero attached hydrogens (tertiary/aromatic N) is 2. The third-order valence-electron chi connectivity index (χ3n) is 5.59. The van der Waals surface area contributed by atoms with Crippen LogP contribution in [0.3, 0.4) is 0 Å². The van der Waals surface area contributed by atoms with Crippen LogP contribution >= 0.6 is 31.9 Å². The number of benzene rings is 2. The second-order valence-corrected chi connectivity index (χ2v) is 9.31. The van der Waals surface area contributed by atoms with Gasteiger partial charge in [0.25, 0.3) is 5.91 Å². The number of carbonyl (C=O) groups excluding carboxylic acids is 2. The largest absolute Gasteiger partial charge is 0.476 e. The predicted molar refractivity (Wildman–Crippen MR) is 128 cm³/mol. The standard InChI is InChI=1S/C23H23Br2N3O3/c1-3-17-13-31-22-20(21(29)26-16-9-5-14(24)6-10-16)19(4-2)27(23(30)28(17)22)18-11-7-15(25)8-12-18/h5-12,17,19H,3-4,13H2,1-2H3,(H,26,29)/t17-,19+/m1/s1. The zero-order chi connectivity index (χ0) is 22.1. The average molecular weight is 549 g/mol. The topological polar surface area (TPSA) is 61.9 Å². The number of fused-ring (bicyclic) bond motifs is 1. The van der Waals surface area contributed by atoms with E-state index in [-0.39, 0.29) is 18.0 Å². The number of carbonyl (C=O) groups is 2. The molecule has 2 aliphatic heterocycles. The highest BCUT2D eigenvalue weighted by molar-refractivity contribution is 9.10. The maximum absolute atomic E-state index is 13.6. The number of anilines is 2. The van der Waals surface area contributed by atoms with E-state index in [2.05, 4.69) is 37.2 Å². The molecule has 6 nitrogen and oxygen atoms in total. The molecule has 2 atom stereocenters. The molecule has 1 N–H and O–H groups in total. The smallest absolute Gasteiger partial charge is 0.332 e. The zero-order valence-corrected chi connectivity index (χ0v) is 20.4. The highest BCUT2D eigenvalue weighted by Gasteiger charge is 2.48. The summed E-state index contributed by atoms with van der Waals surface area (Å²) in [5.74, 6) is 0.118. The molecule has 31 heavy (non-hydrogen) atoms. The summed E-state index contributed by atoms with van der Waals surface area (Å²) in [6.07, 6.45) is 1.31. The molecule has 1 saturated heterocycles. The summed E-state index contributed by atoms with van der Waals surface area (Å²) in [5, 5.41) is 2.97. The molecule has 0 aliphatic carbocycles. The Balaban J connectivity index is 1.78. The number of nitrogens with one attached hydrogen (secondary N) is 1. The van der Waals surface area contributed by atoms with E-state index in [4.69, 9.17) is 4.74 Å². The number of amides is 3. The molecule has 2 heterocycles. The highest BCUT2D eigenvalue weighted by atomic mass is 79.9. The Hall–Kier alpha value is -2.32. The molecular weight excluding hydrogens is 526 g/mol. The Morgan fingerprint density at radius 1 is 1.00 bits per heavy atom. The first-order valence-electron chi connectivity index (χ1n) is 10.3. The molecule has 3 amide bonds. The van der Waals surface area contributed by atoms with Gasteiger partial charge in [-0.05, 0) is 61.4 Å². The van der Waals surface area contributed by atoms with E-state index in [1.165, 1.54) is 0 Å². The maximum Gasteiger partial charge on any atom is 0.332 e. The molecule has 1 fully saturated rings. The van der Waals surface area contributed by atoms with Crippen LogP contribution in [0.1, 0.15) is 26.7 Å². The summed E-state index contributed by atoms with van der Waals surface area (Å²) in [6, 6.07) is 14.3. The van der Waals surface area contributed by atoms with Crippen molar-refractivity contribution in [3.8, 4) is 0 Å². The predicted octanol–water partition coefficient (Wildman–Crippen LogP) is 5.89. The van der Waals surface area contributed by atoms with E-state index in [0.717, 1.165) is 21.1 Å². The van der Waals surface area contributed by atoms with Crippen molar-refractivity contribution in [3.05, 3.63) is 68.9 Å². The minimum atomic E-state index is -0.439. The number of rotatable bonds is 5. The third-order valence-corrected chi connectivity index (χ3v) is 6.65. The number of urea groups is 1. The van der Waals surface area contributed by atoms with E-state index in [0.29, 0.717) is 30.2 Å². The maximum atomic E-state index is 13.6. The van der Waals surface area contributed by atoms with Gasteiger partial charge in [-0.15, -0.1) is 0 Å². The second-order valence-electron chi connectivity index (χ2n) is 7.48. The lowest BCUT2D eigenvalue weighted by atomic mass is 9.98. The van der Waals surface area contributed by atoms with Crippen molar-refractivity contribution >= 4 is 55.2 Å². The Morgan fingerprint density at radius 2 is 1.61 bits per heavy atom. The Labute approximate surface area is 198 Å². The molecule has 0 radical (unpaired) electrons. The minimum absolute atomic E-state index is 0.103. The van der Waals surface area contributed by atoms with Gasteiger partial charge >= 0.3 is 6.03 Å². The molecule has 0 unspecified atom stereocenters. The van der Waals surface area contributed by atoms with Crippen LogP contribution in [0.25, 0.3) is 0 Å². The summed E-state index contributed by atoms with van der Waals surface area (Å²) >= 11 is 6.86. The summed E-state index contributed by atoms with van der Waals surface area (Å²) in [7, 11) is 0. The molecule has 2 aromatic carbocycles. The first-order valence-corrected chi connectivity index (χ1v) is 11.8. The van der Waals surface area contributed by atoms with Crippen molar-refractivity contribution in [2.45, 2.75) is 38.8 Å². The number of halogens is 2. The molecule has 0 saturated carbocycles. The fourth-order valence-corrected chi connectivity index (χ4v) is 4.54. The Morgan fingerprint density at radius 3 is 2.19 bits per heavy atom. The van der Waals surface area contributed by atoms with Crippen molar-refractivity contribution in [3.63, 3.8) is 0 Å². The monoisotopic (exact) mass is 547 g/mol. The van der Waals surface area contributed by atoms with Gasteiger partial charge in [-0.25, -0.2) is 4.79 Å². The van der Waals surface area contributed by atoms with Crippen LogP contribution in [0.4, 0.5) is 16.2 Å². The molecule has 8 heteroatoms. The summed E-state index contributed by atoms with van der Waals surface area (Å²) in [4.78, 5) is 30.4. The van der Waals surface area contributed by atoms with Gasteiger partial charge in [0.15, 0.2) is 0 Å². The van der Waals surface area contributed by atoms with Crippen molar-refractivity contribution < 1.29 is 14.3 Å². The molecule has 0 spiro atoms. The lowest BCUT2D eigenvalue weighted by molar-refractivity contribution is -0.113. The van der Waals surface area contributed by atoms with Crippen LogP contribution in [0, 0.1) is 0 Å². The first kappa shape index (κ1) is 21.9. The van der Waals surface area contributed by atoms with Crippen molar-refractivity contribution in [1.29, 1.82) is 0 Å². The molecule has 0 bridgehead atoms. The van der Waals surface area contributed by atoms with Crippen LogP contribution in [-0.4, -0.2) is 35.5 Å². The second kappa shape index (κ2) is 9.04. The normalized spacial score (nSPS) is 20.6.